The van der Waals surface area contributed by atoms with Crippen molar-refractivity contribution in [3.63, 3.8) is 0 Å². The predicted molar refractivity (Wildman–Crippen MR) is 112 cm³/mol. The molecule has 4 rings (SSSR count). The molecule has 1 N–H and O–H groups in total. The molecule has 148 valence electrons. The number of sulfonamides is 1. The summed E-state index contributed by atoms with van der Waals surface area (Å²) in [7, 11) is -0.314. The third-order valence-electron chi connectivity index (χ3n) is 5.41. The van der Waals surface area contributed by atoms with E-state index in [1.54, 1.807) is 49.0 Å². The third kappa shape index (κ3) is 3.07. The van der Waals surface area contributed by atoms with Gasteiger partial charge in [0, 0.05) is 27.2 Å². The van der Waals surface area contributed by atoms with E-state index in [4.69, 9.17) is 0 Å². The summed E-state index contributed by atoms with van der Waals surface area (Å²) in [4.78, 5) is 14.7. The molecule has 3 aromatic rings. The summed E-state index contributed by atoms with van der Waals surface area (Å²) in [6.07, 6.45) is 2.13. The Balaban J connectivity index is 1.86. The Morgan fingerprint density at radius 2 is 1.50 bits per heavy atom. The molecule has 2 heterocycles. The molecule has 0 radical (unpaired) electrons. The van der Waals surface area contributed by atoms with Crippen LogP contribution in [0, 0.1) is 6.92 Å². The van der Waals surface area contributed by atoms with E-state index < -0.39 is 10.0 Å². The van der Waals surface area contributed by atoms with Gasteiger partial charge in [-0.1, -0.05) is 17.7 Å². The Labute approximate surface area is 164 Å². The number of nitrogens with one attached hydrogen (secondary N) is 1. The van der Waals surface area contributed by atoms with Crippen molar-refractivity contribution in [2.75, 3.05) is 22.7 Å². The molecule has 0 atom stereocenters. The molecule has 1 aliphatic heterocycles. The number of rotatable bonds is 4. The van der Waals surface area contributed by atoms with Crippen LogP contribution in [0.1, 0.15) is 18.4 Å². The Morgan fingerprint density at radius 1 is 0.929 bits per heavy atom. The maximum Gasteiger partial charge on any atom is 0.328 e. The number of anilines is 2. The average molecular weight is 401 g/mol. The van der Waals surface area contributed by atoms with Crippen molar-refractivity contribution in [1.82, 2.24) is 9.13 Å². The molecule has 1 aliphatic rings. The van der Waals surface area contributed by atoms with Crippen molar-refractivity contribution in [1.29, 1.82) is 0 Å². The molecule has 8 heteroatoms. The molecule has 0 bridgehead atoms. The van der Waals surface area contributed by atoms with Crippen molar-refractivity contribution in [2.45, 2.75) is 24.7 Å². The van der Waals surface area contributed by atoms with Crippen LogP contribution in [0.3, 0.4) is 0 Å². The monoisotopic (exact) mass is 400 g/mol. The fourth-order valence-corrected chi connectivity index (χ4v) is 4.82. The summed E-state index contributed by atoms with van der Waals surface area (Å²) < 4.78 is 31.8. The van der Waals surface area contributed by atoms with Gasteiger partial charge in [-0.05, 0) is 44.0 Å². The molecule has 0 saturated carbocycles. The second-order valence-corrected chi connectivity index (χ2v) is 9.05. The molecule has 0 amide bonds. The van der Waals surface area contributed by atoms with E-state index in [0.29, 0.717) is 11.2 Å². The van der Waals surface area contributed by atoms with Gasteiger partial charge < -0.3 is 4.90 Å². The standard InChI is InChI=1S/C20H24N4O3S/c1-14-6-8-15(9-7-14)28(26,27)21-16-12-18-19(23(3)20(25)22(18)2)13-17(16)24-10-4-5-11-24/h6-9,12-13,21H,4-5,10-11H2,1-3H3. The average Bonchev–Trinajstić information content (AvgIpc) is 3.26. The van der Waals surface area contributed by atoms with E-state index in [1.807, 2.05) is 13.0 Å². The number of imidazole rings is 1. The summed E-state index contributed by atoms with van der Waals surface area (Å²) in [5.41, 5.74) is 3.64. The first-order chi connectivity index (χ1) is 13.3. The van der Waals surface area contributed by atoms with E-state index in [1.165, 1.54) is 4.57 Å². The van der Waals surface area contributed by atoms with E-state index in [9.17, 15) is 13.2 Å². The van der Waals surface area contributed by atoms with Gasteiger partial charge in [0.25, 0.3) is 10.0 Å². The Hall–Kier alpha value is -2.74. The van der Waals surface area contributed by atoms with Crippen LogP contribution in [0.25, 0.3) is 11.0 Å². The van der Waals surface area contributed by atoms with Crippen LogP contribution in [-0.2, 0) is 24.1 Å². The molecular formula is C20H24N4O3S. The van der Waals surface area contributed by atoms with Gasteiger partial charge in [-0.15, -0.1) is 0 Å². The minimum atomic E-state index is -3.74. The third-order valence-corrected chi connectivity index (χ3v) is 6.79. The zero-order valence-electron chi connectivity index (χ0n) is 16.3. The molecule has 1 fully saturated rings. The molecule has 0 spiro atoms. The molecule has 0 unspecified atom stereocenters. The lowest BCUT2D eigenvalue weighted by Gasteiger charge is -2.22. The number of fused-ring (bicyclic) bond motifs is 1. The Bertz CT molecular complexity index is 1200. The van der Waals surface area contributed by atoms with Crippen LogP contribution in [0.15, 0.2) is 46.1 Å². The van der Waals surface area contributed by atoms with Crippen molar-refractivity contribution < 1.29 is 8.42 Å². The fourth-order valence-electron chi connectivity index (χ4n) is 3.76. The summed E-state index contributed by atoms with van der Waals surface area (Å²) in [5.74, 6) is 0. The molecule has 0 aliphatic carbocycles. The van der Waals surface area contributed by atoms with Crippen molar-refractivity contribution in [2.24, 2.45) is 14.1 Å². The molecule has 2 aromatic carbocycles. The van der Waals surface area contributed by atoms with Crippen molar-refractivity contribution in [3.8, 4) is 0 Å². The maximum absolute atomic E-state index is 13.0. The number of aromatic nitrogens is 2. The van der Waals surface area contributed by atoms with E-state index in [-0.39, 0.29) is 10.6 Å². The summed E-state index contributed by atoms with van der Waals surface area (Å²) in [6, 6.07) is 10.4. The number of nitrogens with zero attached hydrogens (tertiary/aromatic N) is 3. The highest BCUT2D eigenvalue weighted by molar-refractivity contribution is 7.92. The lowest BCUT2D eigenvalue weighted by Crippen LogP contribution is -2.21. The van der Waals surface area contributed by atoms with Gasteiger partial charge in [-0.25, -0.2) is 13.2 Å². The number of hydrogen-bond acceptors (Lipinski definition) is 4. The molecule has 28 heavy (non-hydrogen) atoms. The van der Waals surface area contributed by atoms with Gasteiger partial charge in [0.05, 0.1) is 27.3 Å². The highest BCUT2D eigenvalue weighted by atomic mass is 32.2. The molecular weight excluding hydrogens is 376 g/mol. The first-order valence-electron chi connectivity index (χ1n) is 9.32. The lowest BCUT2D eigenvalue weighted by molar-refractivity contribution is 0.601. The van der Waals surface area contributed by atoms with Gasteiger partial charge >= 0.3 is 5.69 Å². The highest BCUT2D eigenvalue weighted by Gasteiger charge is 2.23. The van der Waals surface area contributed by atoms with Gasteiger partial charge in [0.2, 0.25) is 0 Å². The van der Waals surface area contributed by atoms with Crippen LogP contribution in [0.5, 0.6) is 0 Å². The van der Waals surface area contributed by atoms with Crippen LogP contribution in [0.2, 0.25) is 0 Å². The predicted octanol–water partition coefficient (Wildman–Crippen LogP) is 2.59. The second-order valence-electron chi connectivity index (χ2n) is 7.37. The lowest BCUT2D eigenvalue weighted by atomic mass is 10.2. The molecule has 1 saturated heterocycles. The van der Waals surface area contributed by atoms with Crippen molar-refractivity contribution in [3.05, 3.63) is 52.4 Å². The minimum Gasteiger partial charge on any atom is -0.370 e. The summed E-state index contributed by atoms with van der Waals surface area (Å²) >= 11 is 0. The van der Waals surface area contributed by atoms with Crippen LogP contribution in [0.4, 0.5) is 11.4 Å². The molecule has 7 nitrogen and oxygen atoms in total. The number of benzene rings is 2. The first-order valence-corrected chi connectivity index (χ1v) is 10.8. The van der Waals surface area contributed by atoms with E-state index >= 15 is 0 Å². The number of hydrogen-bond donors (Lipinski definition) is 1. The Morgan fingerprint density at radius 3 is 2.11 bits per heavy atom. The summed E-state index contributed by atoms with van der Waals surface area (Å²) in [5, 5.41) is 0. The van der Waals surface area contributed by atoms with E-state index in [0.717, 1.165) is 42.7 Å². The normalized spacial score (nSPS) is 14.8. The van der Waals surface area contributed by atoms with Gasteiger partial charge in [-0.3, -0.25) is 13.9 Å². The fraction of sp³-hybridized carbons (Fsp3) is 0.350. The SMILES string of the molecule is Cc1ccc(S(=O)(=O)Nc2cc3c(cc2N2CCCC2)n(C)c(=O)n3C)cc1. The zero-order valence-corrected chi connectivity index (χ0v) is 17.1. The van der Waals surface area contributed by atoms with Crippen LogP contribution < -0.4 is 15.3 Å². The second kappa shape index (κ2) is 6.70. The topological polar surface area (TPSA) is 76.3 Å². The van der Waals surface area contributed by atoms with Gasteiger partial charge in [-0.2, -0.15) is 0 Å². The van der Waals surface area contributed by atoms with Crippen molar-refractivity contribution >= 4 is 32.4 Å². The quantitative estimate of drug-likeness (QED) is 0.730. The van der Waals surface area contributed by atoms with Crippen LogP contribution in [-0.4, -0.2) is 30.6 Å². The largest absolute Gasteiger partial charge is 0.370 e. The maximum atomic E-state index is 13.0. The van der Waals surface area contributed by atoms with Crippen LogP contribution >= 0.6 is 0 Å². The number of aryl methyl sites for hydroxylation is 3. The highest BCUT2D eigenvalue weighted by Crippen LogP contribution is 2.34. The first kappa shape index (κ1) is 18.6. The van der Waals surface area contributed by atoms with Gasteiger partial charge in [0.15, 0.2) is 0 Å². The minimum absolute atomic E-state index is 0.138. The molecule has 1 aromatic heterocycles. The van der Waals surface area contributed by atoms with E-state index in [2.05, 4.69) is 9.62 Å². The zero-order chi connectivity index (χ0) is 20.1. The van der Waals surface area contributed by atoms with Gasteiger partial charge in [0.1, 0.15) is 0 Å². The summed E-state index contributed by atoms with van der Waals surface area (Å²) in [6.45, 7) is 3.65. The Kier molecular flexibility index (Phi) is 4.45. The smallest absolute Gasteiger partial charge is 0.328 e.